The molecule has 0 atom stereocenters. The average molecular weight is 229 g/mol. The molecule has 4 heteroatoms. The van der Waals surface area contributed by atoms with Crippen molar-refractivity contribution in [2.24, 2.45) is 0 Å². The fourth-order valence-electron chi connectivity index (χ4n) is 1.13. The minimum atomic E-state index is -0.272. The van der Waals surface area contributed by atoms with Crippen molar-refractivity contribution in [1.29, 1.82) is 0 Å². The van der Waals surface area contributed by atoms with Crippen LogP contribution in [0.15, 0.2) is 16.6 Å². The molecule has 1 heterocycles. The Hall–Kier alpha value is -0.900. The van der Waals surface area contributed by atoms with Gasteiger partial charge in [0.05, 0.1) is 15.5 Å². The lowest BCUT2D eigenvalue weighted by Gasteiger charge is -1.92. The molecule has 2 nitrogen and oxygen atoms in total. The molecule has 2 rings (SSSR count). The van der Waals surface area contributed by atoms with Crippen LogP contribution in [-0.4, -0.2) is 9.97 Å². The van der Waals surface area contributed by atoms with Gasteiger partial charge >= 0.3 is 0 Å². The molecule has 0 unspecified atom stereocenters. The van der Waals surface area contributed by atoms with E-state index in [2.05, 4.69) is 25.9 Å². The number of nitrogens with one attached hydrogen (secondary N) is 1. The number of H-pyrrole nitrogens is 1. The second-order valence-corrected chi connectivity index (χ2v) is 3.46. The number of hydrogen-bond donors (Lipinski definition) is 1. The summed E-state index contributed by atoms with van der Waals surface area (Å²) in [5.74, 6) is 0.522. The first-order valence-electron chi connectivity index (χ1n) is 3.48. The fourth-order valence-corrected chi connectivity index (χ4v) is 1.46. The maximum Gasteiger partial charge on any atom is 0.139 e. The number of aromatic amines is 1. The monoisotopic (exact) mass is 228 g/mol. The Bertz CT molecular complexity index is 397. The lowest BCUT2D eigenvalue weighted by molar-refractivity contribution is 0.623. The third kappa shape index (κ3) is 1.12. The van der Waals surface area contributed by atoms with E-state index in [1.54, 1.807) is 6.07 Å². The maximum absolute atomic E-state index is 13.0. The average Bonchev–Trinajstić information content (AvgIpc) is 2.30. The van der Waals surface area contributed by atoms with Crippen molar-refractivity contribution in [2.45, 2.75) is 6.92 Å². The first-order valence-corrected chi connectivity index (χ1v) is 4.27. The van der Waals surface area contributed by atoms with Gasteiger partial charge in [-0.05, 0) is 28.9 Å². The molecule has 0 spiro atoms. The van der Waals surface area contributed by atoms with E-state index in [0.29, 0.717) is 4.47 Å². The number of aromatic nitrogens is 2. The number of imidazole rings is 1. The Morgan fingerprint density at radius 3 is 3.00 bits per heavy atom. The molecule has 0 bridgehead atoms. The van der Waals surface area contributed by atoms with Gasteiger partial charge < -0.3 is 4.98 Å². The number of halogens is 2. The molecule has 0 saturated carbocycles. The molecule has 0 aliphatic carbocycles. The highest BCUT2D eigenvalue weighted by molar-refractivity contribution is 9.10. The molecule has 1 N–H and O–H groups in total. The van der Waals surface area contributed by atoms with Crippen LogP contribution in [0.25, 0.3) is 11.0 Å². The van der Waals surface area contributed by atoms with Crippen LogP contribution in [0.3, 0.4) is 0 Å². The number of nitrogens with zero attached hydrogens (tertiary/aromatic N) is 1. The molecular formula is C8H6BrFN2. The first-order chi connectivity index (χ1) is 5.66. The van der Waals surface area contributed by atoms with E-state index in [4.69, 9.17) is 0 Å². The van der Waals surface area contributed by atoms with Crippen molar-refractivity contribution < 1.29 is 4.39 Å². The molecule has 2 aromatic rings. The highest BCUT2D eigenvalue weighted by Crippen LogP contribution is 2.21. The number of rotatable bonds is 0. The van der Waals surface area contributed by atoms with Gasteiger partial charge in [0.2, 0.25) is 0 Å². The van der Waals surface area contributed by atoms with Crippen molar-refractivity contribution in [3.63, 3.8) is 0 Å². The van der Waals surface area contributed by atoms with Gasteiger partial charge in [0, 0.05) is 6.07 Å². The summed E-state index contributed by atoms with van der Waals surface area (Å²) >= 11 is 3.10. The smallest absolute Gasteiger partial charge is 0.139 e. The molecule has 0 radical (unpaired) electrons. The lowest BCUT2D eigenvalue weighted by atomic mass is 10.3. The molecule has 62 valence electrons. The molecule has 0 saturated heterocycles. The summed E-state index contributed by atoms with van der Waals surface area (Å²) in [5, 5.41) is 0. The number of hydrogen-bond acceptors (Lipinski definition) is 1. The van der Waals surface area contributed by atoms with E-state index in [1.807, 2.05) is 6.92 Å². The summed E-state index contributed by atoms with van der Waals surface area (Å²) in [4.78, 5) is 7.12. The van der Waals surface area contributed by atoms with E-state index in [-0.39, 0.29) is 5.82 Å². The summed E-state index contributed by atoms with van der Waals surface area (Å²) in [6.45, 7) is 1.84. The van der Waals surface area contributed by atoms with Crippen molar-refractivity contribution in [3.05, 3.63) is 28.2 Å². The van der Waals surface area contributed by atoms with Crippen molar-refractivity contribution >= 4 is 27.0 Å². The van der Waals surface area contributed by atoms with Crippen molar-refractivity contribution in [3.8, 4) is 0 Å². The van der Waals surface area contributed by atoms with Crippen LogP contribution in [0.2, 0.25) is 0 Å². The molecule has 1 aromatic carbocycles. The quantitative estimate of drug-likeness (QED) is 0.739. The minimum Gasteiger partial charge on any atom is -0.342 e. The number of aryl methyl sites for hydroxylation is 1. The van der Waals surface area contributed by atoms with Crippen LogP contribution < -0.4 is 0 Å². The zero-order valence-corrected chi connectivity index (χ0v) is 7.94. The molecule has 0 fully saturated rings. The topological polar surface area (TPSA) is 28.7 Å². The number of fused-ring (bicyclic) bond motifs is 1. The summed E-state index contributed by atoms with van der Waals surface area (Å²) in [5.41, 5.74) is 1.51. The largest absolute Gasteiger partial charge is 0.342 e. The van der Waals surface area contributed by atoms with E-state index < -0.39 is 0 Å². The summed E-state index contributed by atoms with van der Waals surface area (Å²) < 4.78 is 13.4. The molecule has 1 aromatic heterocycles. The van der Waals surface area contributed by atoms with Crippen LogP contribution in [0, 0.1) is 12.7 Å². The van der Waals surface area contributed by atoms with Gasteiger partial charge in [0.25, 0.3) is 0 Å². The van der Waals surface area contributed by atoms with Crippen molar-refractivity contribution in [2.75, 3.05) is 0 Å². The normalized spacial score (nSPS) is 10.9. The van der Waals surface area contributed by atoms with Gasteiger partial charge in [-0.15, -0.1) is 0 Å². The highest BCUT2D eigenvalue weighted by Gasteiger charge is 2.04. The summed E-state index contributed by atoms with van der Waals surface area (Å²) in [6, 6.07) is 3.09. The molecule has 0 amide bonds. The Morgan fingerprint density at radius 2 is 2.25 bits per heavy atom. The Morgan fingerprint density at radius 1 is 1.50 bits per heavy atom. The van der Waals surface area contributed by atoms with Gasteiger partial charge in [-0.1, -0.05) is 0 Å². The Balaban J connectivity index is 2.83. The standard InChI is InChI=1S/C8H6BrFN2/c1-4-11-7-2-5(9)6(10)3-8(7)12-4/h2-3H,1H3,(H,11,12). The van der Waals surface area contributed by atoms with Crippen LogP contribution in [-0.2, 0) is 0 Å². The third-order valence-electron chi connectivity index (χ3n) is 1.64. The van der Waals surface area contributed by atoms with Crippen LogP contribution >= 0.6 is 15.9 Å². The Kier molecular flexibility index (Phi) is 1.65. The van der Waals surface area contributed by atoms with Gasteiger partial charge in [-0.2, -0.15) is 0 Å². The second kappa shape index (κ2) is 2.55. The predicted octanol–water partition coefficient (Wildman–Crippen LogP) is 2.77. The maximum atomic E-state index is 13.0. The molecule has 0 aliphatic heterocycles. The van der Waals surface area contributed by atoms with Gasteiger partial charge in [-0.3, -0.25) is 0 Å². The molecule has 0 aliphatic rings. The molecular weight excluding hydrogens is 223 g/mol. The lowest BCUT2D eigenvalue weighted by Crippen LogP contribution is -1.77. The van der Waals surface area contributed by atoms with E-state index >= 15 is 0 Å². The van der Waals surface area contributed by atoms with Gasteiger partial charge in [-0.25, -0.2) is 9.37 Å². The van der Waals surface area contributed by atoms with Gasteiger partial charge in [0.15, 0.2) is 0 Å². The SMILES string of the molecule is Cc1nc2cc(Br)c(F)cc2[nH]1. The zero-order valence-electron chi connectivity index (χ0n) is 6.36. The first kappa shape index (κ1) is 7.73. The van der Waals surface area contributed by atoms with E-state index in [1.165, 1.54) is 6.07 Å². The van der Waals surface area contributed by atoms with Crippen LogP contribution in [0.5, 0.6) is 0 Å². The highest BCUT2D eigenvalue weighted by atomic mass is 79.9. The second-order valence-electron chi connectivity index (χ2n) is 2.61. The van der Waals surface area contributed by atoms with E-state index in [0.717, 1.165) is 16.9 Å². The fraction of sp³-hybridized carbons (Fsp3) is 0.125. The Labute approximate surface area is 76.9 Å². The molecule has 12 heavy (non-hydrogen) atoms. The predicted molar refractivity (Wildman–Crippen MR) is 48.5 cm³/mol. The van der Waals surface area contributed by atoms with E-state index in [9.17, 15) is 4.39 Å². The third-order valence-corrected chi connectivity index (χ3v) is 2.25. The summed E-state index contributed by atoms with van der Waals surface area (Å²) in [6.07, 6.45) is 0. The minimum absolute atomic E-state index is 0.272. The van der Waals surface area contributed by atoms with Crippen LogP contribution in [0.4, 0.5) is 4.39 Å². The zero-order chi connectivity index (χ0) is 8.72. The van der Waals surface area contributed by atoms with Crippen LogP contribution in [0.1, 0.15) is 5.82 Å². The van der Waals surface area contributed by atoms with Crippen molar-refractivity contribution in [1.82, 2.24) is 9.97 Å². The van der Waals surface area contributed by atoms with Gasteiger partial charge in [0.1, 0.15) is 11.6 Å². The number of benzene rings is 1. The summed E-state index contributed by atoms with van der Waals surface area (Å²) in [7, 11) is 0.